The van der Waals surface area contributed by atoms with Crippen LogP contribution < -0.4 is 10.2 Å². The molecule has 0 bridgehead atoms. The Balaban J connectivity index is 1.05. The van der Waals surface area contributed by atoms with E-state index < -0.39 is 23.5 Å². The van der Waals surface area contributed by atoms with Crippen LogP contribution in [0.3, 0.4) is 0 Å². The van der Waals surface area contributed by atoms with E-state index in [0.29, 0.717) is 55.5 Å². The molecule has 1 N–H and O–H groups in total. The molecule has 2 aliphatic heterocycles. The Hall–Kier alpha value is -4.32. The van der Waals surface area contributed by atoms with Crippen molar-refractivity contribution >= 4 is 34.0 Å². The zero-order valence-electron chi connectivity index (χ0n) is 25.0. The number of carbonyl (C=O) groups excluding carboxylic acids is 2. The Kier molecular flexibility index (Phi) is 9.34. The number of halogens is 4. The van der Waals surface area contributed by atoms with Crippen molar-refractivity contribution in [3.63, 3.8) is 0 Å². The topological polar surface area (TPSA) is 78.4 Å². The first-order valence-electron chi connectivity index (χ1n) is 15.3. The predicted octanol–water partition coefficient (Wildman–Crippen LogP) is 6.76. The van der Waals surface area contributed by atoms with Crippen LogP contribution in [-0.4, -0.2) is 58.8 Å². The minimum Gasteiger partial charge on any atom is -0.365 e. The molecule has 0 spiro atoms. The van der Waals surface area contributed by atoms with Gasteiger partial charge in [-0.05, 0) is 54.0 Å². The van der Waals surface area contributed by atoms with E-state index in [1.165, 1.54) is 17.8 Å². The molecule has 0 aliphatic carbocycles. The number of benzene rings is 2. The van der Waals surface area contributed by atoms with Crippen LogP contribution in [-0.2, 0) is 23.8 Å². The number of hydrogen-bond acceptors (Lipinski definition) is 7. The summed E-state index contributed by atoms with van der Waals surface area (Å²) in [5.41, 5.74) is 0.927. The molecule has 0 radical (unpaired) electrons. The number of alkyl halides is 3. The van der Waals surface area contributed by atoms with Gasteiger partial charge in [-0.2, -0.15) is 13.2 Å². The molecule has 2 fully saturated rings. The summed E-state index contributed by atoms with van der Waals surface area (Å²) in [6.07, 6.45) is -1.25. The van der Waals surface area contributed by atoms with Crippen LogP contribution in [0.25, 0.3) is 0 Å². The molecular formula is C34H33F4N5O2S. The third kappa shape index (κ3) is 7.38. The second-order valence-corrected chi connectivity index (χ2v) is 12.7. The molecule has 7 nitrogen and oxygen atoms in total. The number of anilines is 2. The summed E-state index contributed by atoms with van der Waals surface area (Å²) in [5.74, 6) is -0.349. The number of pyridine rings is 1. The molecule has 0 saturated carbocycles. The van der Waals surface area contributed by atoms with Gasteiger partial charge in [0, 0.05) is 44.8 Å². The number of piperidine rings is 1. The maximum atomic E-state index is 14.0. The molecule has 1 atom stereocenters. The zero-order valence-corrected chi connectivity index (χ0v) is 25.8. The fraction of sp³-hybridized carbons (Fsp3) is 0.353. The minimum absolute atomic E-state index is 0.00949. The number of likely N-dealkylation sites (tertiary alicyclic amines) is 1. The van der Waals surface area contributed by atoms with Gasteiger partial charge in [0.2, 0.25) is 5.91 Å². The normalized spacial score (nSPS) is 17.3. The second kappa shape index (κ2) is 13.6. The predicted molar refractivity (Wildman–Crippen MR) is 169 cm³/mol. The van der Waals surface area contributed by atoms with E-state index >= 15 is 0 Å². The number of ketones is 1. The van der Waals surface area contributed by atoms with E-state index in [9.17, 15) is 27.2 Å². The highest BCUT2D eigenvalue weighted by Gasteiger charge is 2.40. The molecular weight excluding hydrogens is 618 g/mol. The van der Waals surface area contributed by atoms with Crippen LogP contribution >= 0.6 is 11.3 Å². The first-order chi connectivity index (χ1) is 22.1. The van der Waals surface area contributed by atoms with Gasteiger partial charge in [0.05, 0.1) is 6.42 Å². The Morgan fingerprint density at radius 1 is 0.913 bits per heavy atom. The third-order valence-corrected chi connectivity index (χ3v) is 9.71. The van der Waals surface area contributed by atoms with Gasteiger partial charge in [0.25, 0.3) is 0 Å². The molecule has 240 valence electrons. The quantitative estimate of drug-likeness (QED) is 0.159. The van der Waals surface area contributed by atoms with E-state index in [4.69, 9.17) is 0 Å². The fourth-order valence-corrected chi connectivity index (χ4v) is 7.14. The van der Waals surface area contributed by atoms with E-state index in [2.05, 4.69) is 27.4 Å². The number of thiazole rings is 1. The monoisotopic (exact) mass is 651 g/mol. The molecule has 2 aromatic carbocycles. The van der Waals surface area contributed by atoms with Crippen molar-refractivity contribution in [3.05, 3.63) is 106 Å². The van der Waals surface area contributed by atoms with Crippen molar-refractivity contribution in [2.45, 2.75) is 50.2 Å². The van der Waals surface area contributed by atoms with Gasteiger partial charge in [-0.25, -0.2) is 14.4 Å². The third-order valence-electron chi connectivity index (χ3n) is 8.56. The summed E-state index contributed by atoms with van der Waals surface area (Å²) in [7, 11) is 0. The molecule has 2 aromatic heterocycles. The number of Topliss-reactive ketones (excluding diaryl/α,β-unsaturated/α-hetero) is 1. The maximum Gasteiger partial charge on any atom is 0.435 e. The molecule has 2 aliphatic rings. The second-order valence-electron chi connectivity index (χ2n) is 11.7. The van der Waals surface area contributed by atoms with Crippen molar-refractivity contribution in [2.75, 3.05) is 36.4 Å². The molecule has 46 heavy (non-hydrogen) atoms. The van der Waals surface area contributed by atoms with Gasteiger partial charge in [0.15, 0.2) is 16.6 Å². The molecule has 12 heteroatoms. The Labute approximate surface area is 268 Å². The molecule has 6 rings (SSSR count). The van der Waals surface area contributed by atoms with Crippen molar-refractivity contribution in [1.82, 2.24) is 14.9 Å². The number of amides is 1. The number of nitrogens with one attached hydrogen (secondary N) is 1. The van der Waals surface area contributed by atoms with Crippen molar-refractivity contribution in [2.24, 2.45) is 0 Å². The summed E-state index contributed by atoms with van der Waals surface area (Å²) >= 11 is 0.805. The van der Waals surface area contributed by atoms with Crippen LogP contribution in [0.15, 0.2) is 72.9 Å². The lowest BCUT2D eigenvalue weighted by atomic mass is 9.90. The average Bonchev–Trinajstić information content (AvgIpc) is 3.72. The van der Waals surface area contributed by atoms with E-state index in [1.54, 1.807) is 35.2 Å². The smallest absolute Gasteiger partial charge is 0.365 e. The highest BCUT2D eigenvalue weighted by Crippen LogP contribution is 2.40. The van der Waals surface area contributed by atoms with Crippen LogP contribution in [0.1, 0.15) is 57.2 Å². The highest BCUT2D eigenvalue weighted by molar-refractivity contribution is 7.17. The Bertz CT molecular complexity index is 1670. The lowest BCUT2D eigenvalue weighted by Gasteiger charge is -2.32. The SMILES string of the molecule is O=C(Cc1ccc(N[C@@H]2CCN(C(=O)Cc3ccccc3F)C2)nc1)c1sc(N2CCC(c3ccccc3)CC2)nc1C(F)(F)F. The molecule has 2 saturated heterocycles. The van der Waals surface area contributed by atoms with Gasteiger partial charge in [-0.1, -0.05) is 65.9 Å². The maximum absolute atomic E-state index is 14.0. The van der Waals surface area contributed by atoms with Crippen molar-refractivity contribution < 1.29 is 27.2 Å². The summed E-state index contributed by atoms with van der Waals surface area (Å²) < 4.78 is 55.9. The lowest BCUT2D eigenvalue weighted by molar-refractivity contribution is -0.141. The summed E-state index contributed by atoms with van der Waals surface area (Å²) in [5, 5.41) is 3.49. The molecule has 1 amide bonds. The van der Waals surface area contributed by atoms with Crippen molar-refractivity contribution in [3.8, 4) is 0 Å². The van der Waals surface area contributed by atoms with E-state index in [1.807, 2.05) is 23.1 Å². The Morgan fingerprint density at radius 2 is 1.65 bits per heavy atom. The van der Waals surface area contributed by atoms with Gasteiger partial charge in [-0.3, -0.25) is 9.59 Å². The lowest BCUT2D eigenvalue weighted by Crippen LogP contribution is -2.33. The van der Waals surface area contributed by atoms with Crippen LogP contribution in [0, 0.1) is 5.82 Å². The number of aromatic nitrogens is 2. The molecule has 4 aromatic rings. The Morgan fingerprint density at radius 3 is 2.35 bits per heavy atom. The molecule has 0 unspecified atom stereocenters. The summed E-state index contributed by atoms with van der Waals surface area (Å²) in [6.45, 7) is 2.10. The highest BCUT2D eigenvalue weighted by atomic mass is 32.1. The zero-order chi connectivity index (χ0) is 32.3. The van der Waals surface area contributed by atoms with Gasteiger partial charge < -0.3 is 15.1 Å². The molecule has 4 heterocycles. The number of rotatable bonds is 9. The van der Waals surface area contributed by atoms with Crippen molar-refractivity contribution in [1.29, 1.82) is 0 Å². The van der Waals surface area contributed by atoms with Gasteiger partial charge in [0.1, 0.15) is 16.5 Å². The minimum atomic E-state index is -4.75. The average molecular weight is 652 g/mol. The largest absolute Gasteiger partial charge is 0.435 e. The van der Waals surface area contributed by atoms with Gasteiger partial charge >= 0.3 is 6.18 Å². The number of carbonyl (C=O) groups is 2. The van der Waals surface area contributed by atoms with E-state index in [-0.39, 0.29) is 34.8 Å². The van der Waals surface area contributed by atoms with E-state index in [0.717, 1.165) is 24.2 Å². The number of hydrogen-bond donors (Lipinski definition) is 1. The number of nitrogens with zero attached hydrogens (tertiary/aromatic N) is 4. The van der Waals surface area contributed by atoms with Crippen LogP contribution in [0.4, 0.5) is 28.5 Å². The van der Waals surface area contributed by atoms with Crippen LogP contribution in [0.2, 0.25) is 0 Å². The van der Waals surface area contributed by atoms with Gasteiger partial charge in [-0.15, -0.1) is 0 Å². The fourth-order valence-electron chi connectivity index (χ4n) is 6.06. The summed E-state index contributed by atoms with van der Waals surface area (Å²) in [6, 6.07) is 19.6. The standard InChI is InChI=1S/C34H33F4N5O2S/c35-27-9-5-4-8-25(27)19-30(45)43-17-14-26(21-43)40-29-11-10-22(20-39-29)18-28(44)31-32(34(36,37)38)41-33(46-31)42-15-12-24(13-16-42)23-6-2-1-3-7-23/h1-11,20,24,26H,12-19,21H2,(H,39,40)/t26-/m1/s1. The van der Waals surface area contributed by atoms with Crippen LogP contribution in [0.5, 0.6) is 0 Å². The first kappa shape index (κ1) is 31.7. The first-order valence-corrected chi connectivity index (χ1v) is 16.1. The summed E-state index contributed by atoms with van der Waals surface area (Å²) in [4.78, 5) is 37.3.